The number of aromatic nitrogens is 2. The van der Waals surface area contributed by atoms with Crippen molar-refractivity contribution in [3.63, 3.8) is 0 Å². The molecule has 1 aliphatic heterocycles. The second kappa shape index (κ2) is 9.84. The third-order valence-corrected chi connectivity index (χ3v) is 5.30. The smallest absolute Gasteiger partial charge is 0.408 e. The Morgan fingerprint density at radius 2 is 1.94 bits per heavy atom. The number of hydrogen-bond acceptors (Lipinski definition) is 5. The first kappa shape index (κ1) is 23.3. The number of alkyl carbamates (subject to hydrolysis) is 1. The first-order chi connectivity index (χ1) is 15.1. The van der Waals surface area contributed by atoms with Crippen molar-refractivity contribution in [3.8, 4) is 0 Å². The minimum atomic E-state index is -1.08. The van der Waals surface area contributed by atoms with Crippen LogP contribution in [0, 0.1) is 0 Å². The maximum Gasteiger partial charge on any atom is 0.408 e. The molecule has 2 unspecified atom stereocenters. The van der Waals surface area contributed by atoms with Gasteiger partial charge in [0.1, 0.15) is 17.7 Å². The summed E-state index contributed by atoms with van der Waals surface area (Å²) < 4.78 is 7.01. The Morgan fingerprint density at radius 1 is 1.22 bits per heavy atom. The number of aryl methyl sites for hydroxylation is 1. The second-order valence-corrected chi connectivity index (χ2v) is 8.94. The van der Waals surface area contributed by atoms with Crippen LogP contribution >= 0.6 is 0 Å². The van der Waals surface area contributed by atoms with Crippen LogP contribution in [0.4, 0.5) is 4.79 Å². The van der Waals surface area contributed by atoms with E-state index in [0.717, 1.165) is 5.56 Å². The Hall–Kier alpha value is -3.36. The van der Waals surface area contributed by atoms with Gasteiger partial charge in [-0.2, -0.15) is 5.10 Å². The van der Waals surface area contributed by atoms with Crippen molar-refractivity contribution in [2.75, 3.05) is 6.54 Å². The number of nitrogens with one attached hydrogen (secondary N) is 1. The molecule has 1 aromatic carbocycles. The van der Waals surface area contributed by atoms with Gasteiger partial charge in [0.05, 0.1) is 6.04 Å². The molecule has 3 atom stereocenters. The number of rotatable bonds is 7. The summed E-state index contributed by atoms with van der Waals surface area (Å²) in [6.07, 6.45) is 3.77. The van der Waals surface area contributed by atoms with Crippen LogP contribution in [0.5, 0.6) is 0 Å². The summed E-state index contributed by atoms with van der Waals surface area (Å²) >= 11 is 0. The Bertz CT molecular complexity index is 924. The molecule has 1 aromatic heterocycles. The molecule has 9 nitrogen and oxygen atoms in total. The molecule has 3 rings (SSSR count). The van der Waals surface area contributed by atoms with Crippen molar-refractivity contribution in [2.45, 2.75) is 63.8 Å². The average molecular weight is 443 g/mol. The van der Waals surface area contributed by atoms with E-state index < -0.39 is 35.7 Å². The highest BCUT2D eigenvalue weighted by atomic mass is 16.6. The molecule has 9 heteroatoms. The van der Waals surface area contributed by atoms with E-state index in [1.165, 1.54) is 4.90 Å². The van der Waals surface area contributed by atoms with E-state index in [4.69, 9.17) is 4.74 Å². The molecule has 1 aliphatic rings. The Kier molecular flexibility index (Phi) is 7.17. The number of carbonyl (C=O) groups is 3. The van der Waals surface area contributed by atoms with Gasteiger partial charge in [0.25, 0.3) is 0 Å². The molecule has 0 saturated carbocycles. The predicted molar refractivity (Wildman–Crippen MR) is 117 cm³/mol. The van der Waals surface area contributed by atoms with Crippen LogP contribution in [-0.2, 0) is 20.7 Å². The van der Waals surface area contributed by atoms with E-state index in [-0.39, 0.29) is 19.0 Å². The summed E-state index contributed by atoms with van der Waals surface area (Å²) in [5, 5.41) is 16.6. The first-order valence-electron chi connectivity index (χ1n) is 10.7. The quantitative estimate of drug-likeness (QED) is 0.681. The lowest BCUT2D eigenvalue weighted by Crippen LogP contribution is -2.52. The van der Waals surface area contributed by atoms with E-state index >= 15 is 0 Å². The topological polar surface area (TPSA) is 114 Å². The van der Waals surface area contributed by atoms with Gasteiger partial charge in [0, 0.05) is 25.4 Å². The highest BCUT2D eigenvalue weighted by molar-refractivity contribution is 5.90. The maximum atomic E-state index is 13.5. The number of carbonyl (C=O) groups excluding carboxylic acids is 2. The third-order valence-electron chi connectivity index (χ3n) is 5.30. The van der Waals surface area contributed by atoms with Crippen LogP contribution in [-0.4, -0.2) is 62.0 Å². The van der Waals surface area contributed by atoms with Gasteiger partial charge in [-0.25, -0.2) is 9.59 Å². The van der Waals surface area contributed by atoms with Crippen molar-refractivity contribution in [3.05, 3.63) is 54.4 Å². The lowest BCUT2D eigenvalue weighted by Gasteiger charge is -2.28. The van der Waals surface area contributed by atoms with Crippen molar-refractivity contribution in [1.82, 2.24) is 20.0 Å². The van der Waals surface area contributed by atoms with Crippen LogP contribution in [0.25, 0.3) is 0 Å². The van der Waals surface area contributed by atoms with Gasteiger partial charge >= 0.3 is 12.1 Å². The zero-order chi connectivity index (χ0) is 23.3. The standard InChI is InChI=1S/C23H30N4O5/c1-23(2,3)32-22(31)25-18(11-10-16-8-5-4-6-9-16)20(28)26-15-17(14-19(26)21(29)30)27-13-7-12-24-27/h4-9,12-13,17-19H,10-11,14-15H2,1-3H3,(H,25,31)(H,29,30)/t17?,18?,19-/m0/s1. The van der Waals surface area contributed by atoms with Crippen molar-refractivity contribution in [2.24, 2.45) is 0 Å². The number of nitrogens with zero attached hydrogens (tertiary/aromatic N) is 3. The summed E-state index contributed by atoms with van der Waals surface area (Å²) in [7, 11) is 0. The fourth-order valence-electron chi connectivity index (χ4n) is 3.84. The molecule has 172 valence electrons. The van der Waals surface area contributed by atoms with Crippen LogP contribution in [0.3, 0.4) is 0 Å². The normalized spacial score (nSPS) is 19.4. The van der Waals surface area contributed by atoms with Crippen LogP contribution in [0.15, 0.2) is 48.8 Å². The van der Waals surface area contributed by atoms with Gasteiger partial charge in [-0.15, -0.1) is 0 Å². The fraction of sp³-hybridized carbons (Fsp3) is 0.478. The lowest BCUT2D eigenvalue weighted by molar-refractivity contribution is -0.149. The average Bonchev–Trinajstić information content (AvgIpc) is 3.39. The number of carboxylic acids is 1. The summed E-state index contributed by atoms with van der Waals surface area (Å²) in [5.41, 5.74) is 0.293. The highest BCUT2D eigenvalue weighted by Crippen LogP contribution is 2.28. The van der Waals surface area contributed by atoms with E-state index in [0.29, 0.717) is 12.8 Å². The first-order valence-corrected chi connectivity index (χ1v) is 10.7. The Morgan fingerprint density at radius 3 is 2.53 bits per heavy atom. The molecule has 2 N–H and O–H groups in total. The van der Waals surface area contributed by atoms with E-state index in [1.54, 1.807) is 43.9 Å². The largest absolute Gasteiger partial charge is 0.480 e. The Labute approximate surface area is 187 Å². The van der Waals surface area contributed by atoms with E-state index in [1.807, 2.05) is 30.3 Å². The van der Waals surface area contributed by atoms with Crippen LogP contribution in [0.2, 0.25) is 0 Å². The highest BCUT2D eigenvalue weighted by Gasteiger charge is 2.43. The number of aliphatic carboxylic acids is 1. The summed E-state index contributed by atoms with van der Waals surface area (Å²) in [6, 6.07) is 9.21. The van der Waals surface area contributed by atoms with Crippen molar-refractivity contribution >= 4 is 18.0 Å². The number of benzene rings is 1. The molecule has 0 aliphatic carbocycles. The predicted octanol–water partition coefficient (Wildman–Crippen LogP) is 2.64. The molecular formula is C23H30N4O5. The van der Waals surface area contributed by atoms with Crippen molar-refractivity contribution < 1.29 is 24.2 Å². The zero-order valence-electron chi connectivity index (χ0n) is 18.6. The molecule has 2 heterocycles. The number of carboxylic acid groups (broad SMARTS) is 1. The van der Waals surface area contributed by atoms with Crippen LogP contribution < -0.4 is 5.32 Å². The zero-order valence-corrected chi connectivity index (χ0v) is 18.6. The summed E-state index contributed by atoms with van der Waals surface area (Å²) in [5.74, 6) is -1.51. The van der Waals surface area contributed by atoms with Gasteiger partial charge in [-0.1, -0.05) is 30.3 Å². The lowest BCUT2D eigenvalue weighted by atomic mass is 10.0. The van der Waals surface area contributed by atoms with Crippen molar-refractivity contribution in [1.29, 1.82) is 0 Å². The van der Waals surface area contributed by atoms with Gasteiger partial charge in [-0.05, 0) is 45.2 Å². The van der Waals surface area contributed by atoms with Crippen LogP contribution in [0.1, 0.15) is 45.2 Å². The molecule has 0 spiro atoms. The molecular weight excluding hydrogens is 412 g/mol. The monoisotopic (exact) mass is 442 g/mol. The van der Waals surface area contributed by atoms with Gasteiger partial charge < -0.3 is 20.1 Å². The molecule has 1 saturated heterocycles. The molecule has 1 fully saturated rings. The number of amides is 2. The molecule has 32 heavy (non-hydrogen) atoms. The minimum absolute atomic E-state index is 0.204. The molecule has 2 aromatic rings. The maximum absolute atomic E-state index is 13.5. The second-order valence-electron chi connectivity index (χ2n) is 8.94. The SMILES string of the molecule is CC(C)(C)OC(=O)NC(CCc1ccccc1)C(=O)N1CC(n2cccn2)C[C@H]1C(=O)O. The molecule has 0 bridgehead atoms. The molecule has 0 radical (unpaired) electrons. The Balaban J connectivity index is 1.78. The number of likely N-dealkylation sites (tertiary alicyclic amines) is 1. The molecule has 2 amide bonds. The van der Waals surface area contributed by atoms with Gasteiger partial charge in [0.2, 0.25) is 5.91 Å². The third kappa shape index (κ3) is 6.09. The summed E-state index contributed by atoms with van der Waals surface area (Å²) in [6.45, 7) is 5.42. The van der Waals surface area contributed by atoms with E-state index in [9.17, 15) is 19.5 Å². The van der Waals surface area contributed by atoms with Gasteiger partial charge in [-0.3, -0.25) is 9.48 Å². The fourth-order valence-corrected chi connectivity index (χ4v) is 3.84. The number of hydrogen-bond donors (Lipinski definition) is 2. The summed E-state index contributed by atoms with van der Waals surface area (Å²) in [4.78, 5) is 39.1. The van der Waals surface area contributed by atoms with E-state index in [2.05, 4.69) is 10.4 Å². The minimum Gasteiger partial charge on any atom is -0.480 e. The number of ether oxygens (including phenoxy) is 1. The van der Waals surface area contributed by atoms with Gasteiger partial charge in [0.15, 0.2) is 0 Å².